The second-order valence-corrected chi connectivity index (χ2v) is 6.76. The molecule has 0 amide bonds. The van der Waals surface area contributed by atoms with Crippen LogP contribution in [0.25, 0.3) is 5.69 Å². The van der Waals surface area contributed by atoms with Crippen molar-refractivity contribution in [3.8, 4) is 5.69 Å². The molecule has 1 aliphatic rings. The minimum Gasteiger partial charge on any atom is -0.297 e. The Kier molecular flexibility index (Phi) is 4.63. The maximum absolute atomic E-state index is 4.33. The number of likely N-dealkylation sites (N-methyl/N-ethyl adjacent to an activating group) is 1. The van der Waals surface area contributed by atoms with E-state index < -0.39 is 0 Å². The Labute approximate surface area is 149 Å². The van der Waals surface area contributed by atoms with Gasteiger partial charge in [-0.25, -0.2) is 4.68 Å². The summed E-state index contributed by atoms with van der Waals surface area (Å²) < 4.78 is 1.92. The molecule has 1 fully saturated rings. The van der Waals surface area contributed by atoms with Crippen molar-refractivity contribution in [3.63, 3.8) is 0 Å². The summed E-state index contributed by atoms with van der Waals surface area (Å²) in [5, 5.41) is 4.33. The Balaban J connectivity index is 1.49. The van der Waals surface area contributed by atoms with Gasteiger partial charge in [0.1, 0.15) is 0 Å². The van der Waals surface area contributed by atoms with E-state index in [1.165, 1.54) is 11.1 Å². The lowest BCUT2D eigenvalue weighted by atomic mass is 10.0. The van der Waals surface area contributed by atoms with Gasteiger partial charge in [-0.3, -0.25) is 9.80 Å². The lowest BCUT2D eigenvalue weighted by Gasteiger charge is -2.39. The fraction of sp³-hybridized carbons (Fsp3) is 0.286. The van der Waals surface area contributed by atoms with Crippen LogP contribution in [-0.4, -0.2) is 46.3 Å². The quantitative estimate of drug-likeness (QED) is 0.732. The van der Waals surface area contributed by atoms with Gasteiger partial charge in [-0.05, 0) is 36.4 Å². The lowest BCUT2D eigenvalue weighted by molar-refractivity contribution is 0.0905. The van der Waals surface area contributed by atoms with Gasteiger partial charge < -0.3 is 0 Å². The molecule has 1 unspecified atom stereocenters. The predicted octanol–water partition coefficient (Wildman–Crippen LogP) is 3.36. The molecule has 4 heteroatoms. The van der Waals surface area contributed by atoms with Gasteiger partial charge in [0.2, 0.25) is 0 Å². The van der Waals surface area contributed by atoms with E-state index in [-0.39, 0.29) is 0 Å². The third-order valence-electron chi connectivity index (χ3n) is 5.00. The van der Waals surface area contributed by atoms with Crippen LogP contribution in [0.15, 0.2) is 73.1 Å². The summed E-state index contributed by atoms with van der Waals surface area (Å²) in [6.07, 6.45) is 3.80. The maximum Gasteiger partial charge on any atom is 0.0648 e. The highest BCUT2D eigenvalue weighted by molar-refractivity contribution is 5.35. The Bertz CT molecular complexity index is 798. The molecule has 4 nitrogen and oxygen atoms in total. The predicted molar refractivity (Wildman–Crippen MR) is 101 cm³/mol. The molecule has 2 aromatic carbocycles. The first-order chi connectivity index (χ1) is 12.3. The number of piperazine rings is 1. The van der Waals surface area contributed by atoms with E-state index in [0.717, 1.165) is 31.9 Å². The van der Waals surface area contributed by atoms with Crippen LogP contribution in [-0.2, 0) is 6.54 Å². The fourth-order valence-electron chi connectivity index (χ4n) is 3.59. The van der Waals surface area contributed by atoms with E-state index in [1.54, 1.807) is 0 Å². The number of benzene rings is 2. The summed E-state index contributed by atoms with van der Waals surface area (Å²) in [6.45, 7) is 4.24. The van der Waals surface area contributed by atoms with Crippen molar-refractivity contribution >= 4 is 0 Å². The van der Waals surface area contributed by atoms with Gasteiger partial charge in [0, 0.05) is 44.6 Å². The molecule has 3 aromatic rings. The van der Waals surface area contributed by atoms with E-state index in [0.29, 0.717) is 6.04 Å². The molecule has 2 heterocycles. The van der Waals surface area contributed by atoms with E-state index in [1.807, 2.05) is 23.1 Å². The zero-order chi connectivity index (χ0) is 17.1. The molecular weight excluding hydrogens is 308 g/mol. The van der Waals surface area contributed by atoms with Crippen molar-refractivity contribution in [1.29, 1.82) is 0 Å². The molecule has 0 saturated carbocycles. The Morgan fingerprint density at radius 2 is 1.88 bits per heavy atom. The standard InChI is InChI=1S/C21H24N4/c1-23-13-14-24(17-21(23)19-8-3-2-4-9-19)16-18-7-5-10-20(15-18)25-12-6-11-22-25/h2-12,15,21H,13-14,16-17H2,1H3. The molecule has 1 aromatic heterocycles. The van der Waals surface area contributed by atoms with Gasteiger partial charge in [0.15, 0.2) is 0 Å². The average Bonchev–Trinajstić information content (AvgIpc) is 3.19. The summed E-state index contributed by atoms with van der Waals surface area (Å²) in [7, 11) is 2.23. The summed E-state index contributed by atoms with van der Waals surface area (Å²) in [4.78, 5) is 5.02. The highest BCUT2D eigenvalue weighted by atomic mass is 15.3. The van der Waals surface area contributed by atoms with Crippen molar-refractivity contribution in [2.24, 2.45) is 0 Å². The van der Waals surface area contributed by atoms with Crippen molar-refractivity contribution in [2.45, 2.75) is 12.6 Å². The van der Waals surface area contributed by atoms with Gasteiger partial charge in [-0.2, -0.15) is 5.10 Å². The second kappa shape index (κ2) is 7.21. The zero-order valence-corrected chi connectivity index (χ0v) is 14.6. The number of nitrogens with zero attached hydrogens (tertiary/aromatic N) is 4. The molecule has 25 heavy (non-hydrogen) atoms. The van der Waals surface area contributed by atoms with Crippen LogP contribution in [0, 0.1) is 0 Å². The van der Waals surface area contributed by atoms with Gasteiger partial charge in [0.05, 0.1) is 5.69 Å². The normalized spacial score (nSPS) is 19.2. The second-order valence-electron chi connectivity index (χ2n) is 6.76. The van der Waals surface area contributed by atoms with Crippen molar-refractivity contribution in [2.75, 3.05) is 26.7 Å². The summed E-state index contributed by atoms with van der Waals surface area (Å²) >= 11 is 0. The van der Waals surface area contributed by atoms with Crippen LogP contribution in [0.2, 0.25) is 0 Å². The molecule has 0 N–H and O–H groups in total. The van der Waals surface area contributed by atoms with Crippen LogP contribution >= 0.6 is 0 Å². The number of hydrogen-bond donors (Lipinski definition) is 0. The molecule has 1 saturated heterocycles. The minimum absolute atomic E-state index is 0.462. The van der Waals surface area contributed by atoms with Crippen LogP contribution < -0.4 is 0 Å². The monoisotopic (exact) mass is 332 g/mol. The van der Waals surface area contributed by atoms with Gasteiger partial charge in [-0.1, -0.05) is 42.5 Å². The minimum atomic E-state index is 0.462. The highest BCUT2D eigenvalue weighted by Crippen LogP contribution is 2.25. The van der Waals surface area contributed by atoms with E-state index in [9.17, 15) is 0 Å². The number of aromatic nitrogens is 2. The van der Waals surface area contributed by atoms with Crippen LogP contribution in [0.3, 0.4) is 0 Å². The molecule has 0 spiro atoms. The summed E-state index contributed by atoms with van der Waals surface area (Å²) in [6, 6.07) is 21.9. The lowest BCUT2D eigenvalue weighted by Crippen LogP contribution is -2.46. The first-order valence-corrected chi connectivity index (χ1v) is 8.86. The summed E-state index contributed by atoms with van der Waals surface area (Å²) in [5.74, 6) is 0. The van der Waals surface area contributed by atoms with Gasteiger partial charge >= 0.3 is 0 Å². The Hall–Kier alpha value is -2.43. The largest absolute Gasteiger partial charge is 0.297 e. The average molecular weight is 332 g/mol. The summed E-state index contributed by atoms with van der Waals surface area (Å²) in [5.41, 5.74) is 3.86. The number of rotatable bonds is 4. The van der Waals surface area contributed by atoms with Gasteiger partial charge in [0.25, 0.3) is 0 Å². The molecule has 4 rings (SSSR count). The Morgan fingerprint density at radius 1 is 1.00 bits per heavy atom. The zero-order valence-electron chi connectivity index (χ0n) is 14.6. The third kappa shape index (κ3) is 3.65. The van der Waals surface area contributed by atoms with Crippen LogP contribution in [0.5, 0.6) is 0 Å². The molecule has 1 aliphatic heterocycles. The van der Waals surface area contributed by atoms with Crippen molar-refractivity contribution in [3.05, 3.63) is 84.2 Å². The highest BCUT2D eigenvalue weighted by Gasteiger charge is 2.25. The number of hydrogen-bond acceptors (Lipinski definition) is 3. The topological polar surface area (TPSA) is 24.3 Å². The first kappa shape index (κ1) is 16.1. The molecular formula is C21H24N4. The smallest absolute Gasteiger partial charge is 0.0648 e. The van der Waals surface area contributed by atoms with Crippen LogP contribution in [0.1, 0.15) is 17.2 Å². The Morgan fingerprint density at radius 3 is 2.68 bits per heavy atom. The molecule has 0 aliphatic carbocycles. The molecule has 1 atom stereocenters. The fourth-order valence-corrected chi connectivity index (χ4v) is 3.59. The molecule has 128 valence electrons. The van der Waals surface area contributed by atoms with Gasteiger partial charge in [-0.15, -0.1) is 0 Å². The molecule has 0 bridgehead atoms. The third-order valence-corrected chi connectivity index (χ3v) is 5.00. The first-order valence-electron chi connectivity index (χ1n) is 8.86. The van der Waals surface area contributed by atoms with E-state index >= 15 is 0 Å². The van der Waals surface area contributed by atoms with Crippen molar-refractivity contribution < 1.29 is 0 Å². The van der Waals surface area contributed by atoms with Crippen LogP contribution in [0.4, 0.5) is 0 Å². The maximum atomic E-state index is 4.33. The van der Waals surface area contributed by atoms with Crippen molar-refractivity contribution in [1.82, 2.24) is 19.6 Å². The SMILES string of the molecule is CN1CCN(Cc2cccc(-n3cccn3)c2)CC1c1ccccc1. The molecule has 0 radical (unpaired) electrons. The van der Waals surface area contributed by atoms with E-state index in [2.05, 4.69) is 76.5 Å². The van der Waals surface area contributed by atoms with E-state index in [4.69, 9.17) is 0 Å².